The molecular weight excluding hydrogens is 248 g/mol. The van der Waals surface area contributed by atoms with E-state index in [1.165, 1.54) is 10.5 Å². The molecule has 0 aliphatic carbocycles. The molecular formula is C14H20O3S. The number of rotatable bonds is 6. The molecule has 0 aliphatic heterocycles. The third-order valence-corrected chi connectivity index (χ3v) is 3.83. The second-order valence-electron chi connectivity index (χ2n) is 4.27. The molecule has 0 fully saturated rings. The van der Waals surface area contributed by atoms with Crippen molar-refractivity contribution in [3.8, 4) is 5.75 Å². The standard InChI is InChI=1S/C14H20O3S/c1-5-10-7-12(17-3)11(8-13(10)18-4)6-9(2)14(15)16/h7-9H,5-6H2,1-4H3,(H,15,16). The van der Waals surface area contributed by atoms with Crippen LogP contribution >= 0.6 is 11.8 Å². The van der Waals surface area contributed by atoms with E-state index >= 15 is 0 Å². The number of carboxylic acid groups (broad SMARTS) is 1. The zero-order valence-corrected chi connectivity index (χ0v) is 12.1. The van der Waals surface area contributed by atoms with Crippen molar-refractivity contribution in [3.05, 3.63) is 23.3 Å². The molecule has 0 radical (unpaired) electrons. The average molecular weight is 268 g/mol. The molecule has 0 saturated carbocycles. The summed E-state index contributed by atoms with van der Waals surface area (Å²) in [5.41, 5.74) is 2.21. The molecule has 100 valence electrons. The molecule has 1 unspecified atom stereocenters. The van der Waals surface area contributed by atoms with E-state index in [1.54, 1.807) is 25.8 Å². The lowest BCUT2D eigenvalue weighted by atomic mass is 9.98. The quantitative estimate of drug-likeness (QED) is 0.805. The topological polar surface area (TPSA) is 46.5 Å². The SMILES string of the molecule is CCc1cc(OC)c(CC(C)C(=O)O)cc1SC. The van der Waals surface area contributed by atoms with Gasteiger partial charge in [0.15, 0.2) is 0 Å². The van der Waals surface area contributed by atoms with Crippen molar-refractivity contribution in [2.75, 3.05) is 13.4 Å². The van der Waals surface area contributed by atoms with Gasteiger partial charge in [-0.2, -0.15) is 0 Å². The lowest BCUT2D eigenvalue weighted by Gasteiger charge is -2.15. The van der Waals surface area contributed by atoms with Gasteiger partial charge in [-0.15, -0.1) is 11.8 Å². The smallest absolute Gasteiger partial charge is 0.306 e. The maximum atomic E-state index is 10.9. The lowest BCUT2D eigenvalue weighted by molar-refractivity contribution is -0.141. The Labute approximate surface area is 113 Å². The highest BCUT2D eigenvalue weighted by atomic mass is 32.2. The van der Waals surface area contributed by atoms with Crippen molar-refractivity contribution in [1.82, 2.24) is 0 Å². The number of carboxylic acids is 1. The van der Waals surface area contributed by atoms with Gasteiger partial charge in [0.05, 0.1) is 13.0 Å². The highest BCUT2D eigenvalue weighted by molar-refractivity contribution is 7.98. The van der Waals surface area contributed by atoms with Gasteiger partial charge in [-0.1, -0.05) is 13.8 Å². The van der Waals surface area contributed by atoms with Crippen LogP contribution in [0.3, 0.4) is 0 Å². The minimum atomic E-state index is -0.776. The maximum Gasteiger partial charge on any atom is 0.306 e. The van der Waals surface area contributed by atoms with Crippen LogP contribution in [-0.4, -0.2) is 24.4 Å². The Hall–Kier alpha value is -1.16. The van der Waals surface area contributed by atoms with Crippen LogP contribution in [0.5, 0.6) is 5.75 Å². The molecule has 0 bridgehead atoms. The predicted octanol–water partition coefficient (Wildman–Crippen LogP) is 3.24. The number of aryl methyl sites for hydroxylation is 1. The van der Waals surface area contributed by atoms with E-state index in [0.29, 0.717) is 6.42 Å². The van der Waals surface area contributed by atoms with Crippen molar-refractivity contribution in [1.29, 1.82) is 0 Å². The van der Waals surface area contributed by atoms with E-state index in [0.717, 1.165) is 17.7 Å². The number of benzene rings is 1. The third-order valence-electron chi connectivity index (χ3n) is 3.01. The lowest BCUT2D eigenvalue weighted by Crippen LogP contribution is -2.13. The molecule has 1 aromatic rings. The van der Waals surface area contributed by atoms with E-state index in [1.807, 2.05) is 12.3 Å². The minimum Gasteiger partial charge on any atom is -0.496 e. The van der Waals surface area contributed by atoms with Crippen LogP contribution in [0.4, 0.5) is 0 Å². The minimum absolute atomic E-state index is 0.402. The Morgan fingerprint density at radius 3 is 2.56 bits per heavy atom. The van der Waals surface area contributed by atoms with E-state index in [2.05, 4.69) is 13.0 Å². The van der Waals surface area contributed by atoms with Gasteiger partial charge in [-0.25, -0.2) is 0 Å². The number of hydrogen-bond donors (Lipinski definition) is 1. The number of hydrogen-bond acceptors (Lipinski definition) is 3. The van der Waals surface area contributed by atoms with Crippen LogP contribution in [0.2, 0.25) is 0 Å². The number of thioether (sulfide) groups is 1. The first kappa shape index (κ1) is 14.9. The molecule has 0 aliphatic rings. The van der Waals surface area contributed by atoms with Gasteiger partial charge in [0.2, 0.25) is 0 Å². The number of aliphatic carboxylic acids is 1. The second kappa shape index (κ2) is 6.69. The fourth-order valence-corrected chi connectivity index (χ4v) is 2.60. The number of methoxy groups -OCH3 is 1. The summed E-state index contributed by atoms with van der Waals surface area (Å²) in [6.07, 6.45) is 3.47. The van der Waals surface area contributed by atoms with Crippen LogP contribution in [0.15, 0.2) is 17.0 Å². The molecule has 1 aromatic carbocycles. The van der Waals surface area contributed by atoms with Crippen molar-refractivity contribution in [2.45, 2.75) is 31.6 Å². The Kier molecular flexibility index (Phi) is 5.54. The molecule has 0 saturated heterocycles. The van der Waals surface area contributed by atoms with E-state index < -0.39 is 11.9 Å². The zero-order chi connectivity index (χ0) is 13.7. The summed E-state index contributed by atoms with van der Waals surface area (Å²) in [6, 6.07) is 4.08. The Morgan fingerprint density at radius 2 is 2.11 bits per heavy atom. The highest BCUT2D eigenvalue weighted by Crippen LogP contribution is 2.31. The van der Waals surface area contributed by atoms with Crippen molar-refractivity contribution in [2.24, 2.45) is 5.92 Å². The van der Waals surface area contributed by atoms with Gasteiger partial charge in [-0.3, -0.25) is 4.79 Å². The average Bonchev–Trinajstić information content (AvgIpc) is 2.37. The summed E-state index contributed by atoms with van der Waals surface area (Å²) < 4.78 is 5.37. The summed E-state index contributed by atoms with van der Waals surface area (Å²) in [5.74, 6) is -0.388. The normalized spacial score (nSPS) is 12.2. The molecule has 0 amide bonds. The molecule has 18 heavy (non-hydrogen) atoms. The predicted molar refractivity (Wildman–Crippen MR) is 74.7 cm³/mol. The Bertz CT molecular complexity index is 429. The van der Waals surface area contributed by atoms with Crippen LogP contribution in [0.25, 0.3) is 0 Å². The van der Waals surface area contributed by atoms with Gasteiger partial charge >= 0.3 is 5.97 Å². The monoisotopic (exact) mass is 268 g/mol. The van der Waals surface area contributed by atoms with Crippen LogP contribution < -0.4 is 4.74 Å². The van der Waals surface area contributed by atoms with Crippen molar-refractivity contribution < 1.29 is 14.6 Å². The summed E-state index contributed by atoms with van der Waals surface area (Å²) in [7, 11) is 1.63. The van der Waals surface area contributed by atoms with Gasteiger partial charge in [0.25, 0.3) is 0 Å². The van der Waals surface area contributed by atoms with Gasteiger partial charge in [0.1, 0.15) is 5.75 Å². The molecule has 1 N–H and O–H groups in total. The number of carbonyl (C=O) groups is 1. The van der Waals surface area contributed by atoms with E-state index in [9.17, 15) is 4.79 Å². The van der Waals surface area contributed by atoms with Gasteiger partial charge in [-0.05, 0) is 42.4 Å². The summed E-state index contributed by atoms with van der Waals surface area (Å²) in [6.45, 7) is 3.82. The fourth-order valence-electron chi connectivity index (χ4n) is 1.88. The van der Waals surface area contributed by atoms with E-state index in [-0.39, 0.29) is 0 Å². The first-order chi connectivity index (χ1) is 8.53. The molecule has 0 heterocycles. The van der Waals surface area contributed by atoms with Crippen molar-refractivity contribution >= 4 is 17.7 Å². The zero-order valence-electron chi connectivity index (χ0n) is 11.3. The number of ether oxygens (including phenoxy) is 1. The van der Waals surface area contributed by atoms with Gasteiger partial charge in [0, 0.05) is 4.90 Å². The molecule has 0 spiro atoms. The molecule has 4 heteroatoms. The Balaban J connectivity index is 3.13. The van der Waals surface area contributed by atoms with E-state index in [4.69, 9.17) is 9.84 Å². The second-order valence-corrected chi connectivity index (χ2v) is 5.12. The summed E-state index contributed by atoms with van der Waals surface area (Å²) >= 11 is 1.69. The van der Waals surface area contributed by atoms with Crippen LogP contribution in [-0.2, 0) is 17.6 Å². The molecule has 0 aromatic heterocycles. The summed E-state index contributed by atoms with van der Waals surface area (Å²) in [5, 5.41) is 8.99. The van der Waals surface area contributed by atoms with Crippen LogP contribution in [0.1, 0.15) is 25.0 Å². The first-order valence-corrected chi connectivity index (χ1v) is 7.22. The fraction of sp³-hybridized carbons (Fsp3) is 0.500. The molecule has 1 rings (SSSR count). The summed E-state index contributed by atoms with van der Waals surface area (Å²) in [4.78, 5) is 12.1. The largest absolute Gasteiger partial charge is 0.496 e. The van der Waals surface area contributed by atoms with Gasteiger partial charge < -0.3 is 9.84 Å². The third kappa shape index (κ3) is 3.42. The highest BCUT2D eigenvalue weighted by Gasteiger charge is 2.16. The molecule has 3 nitrogen and oxygen atoms in total. The Morgan fingerprint density at radius 1 is 1.44 bits per heavy atom. The molecule has 1 atom stereocenters. The maximum absolute atomic E-state index is 10.9. The van der Waals surface area contributed by atoms with Crippen LogP contribution in [0, 0.1) is 5.92 Å². The first-order valence-electron chi connectivity index (χ1n) is 6.00. The van der Waals surface area contributed by atoms with Crippen molar-refractivity contribution in [3.63, 3.8) is 0 Å².